The molecule has 2 fully saturated rings. The van der Waals surface area contributed by atoms with Crippen LogP contribution in [0.1, 0.15) is 53.5 Å². The van der Waals surface area contributed by atoms with Gasteiger partial charge in [0.05, 0.1) is 22.9 Å². The first-order valence-electron chi connectivity index (χ1n) is 17.8. The van der Waals surface area contributed by atoms with Gasteiger partial charge in [0.15, 0.2) is 11.6 Å². The molecule has 6 heteroatoms. The van der Waals surface area contributed by atoms with Crippen LogP contribution in [-0.2, 0) is 37.4 Å². The van der Waals surface area contributed by atoms with E-state index in [1.165, 1.54) is 11.0 Å². The number of phenolic OH excluding ortho intramolecular Hbond substituents is 1. The SMILES string of the molecule is C=CCc1cccc([C@H]2C3=CC[C@@H]4C(=O)N(c5ccc(CC)cc5)C(=O)[C@@H]4[C@@H]3C[C@H]3C(=O)C(c4ccccc4)=CC(=O)[C@@]23c2ccccc2)c1O. The van der Waals surface area contributed by atoms with E-state index < -0.39 is 35.0 Å². The lowest BCUT2D eigenvalue weighted by Crippen LogP contribution is -2.58. The normalized spacial score (nSPS) is 26.9. The summed E-state index contributed by atoms with van der Waals surface area (Å²) < 4.78 is 0. The van der Waals surface area contributed by atoms with Crippen molar-refractivity contribution in [1.29, 1.82) is 0 Å². The molecule has 0 bridgehead atoms. The number of rotatable bonds is 7. The predicted molar refractivity (Wildman–Crippen MR) is 197 cm³/mol. The Labute approximate surface area is 297 Å². The molecule has 1 heterocycles. The van der Waals surface area contributed by atoms with Gasteiger partial charge >= 0.3 is 0 Å². The Morgan fingerprint density at radius 3 is 2.24 bits per heavy atom. The molecule has 4 aliphatic rings. The summed E-state index contributed by atoms with van der Waals surface area (Å²) in [6.07, 6.45) is 7.01. The lowest BCUT2D eigenvalue weighted by atomic mass is 9.44. The van der Waals surface area contributed by atoms with E-state index in [1.54, 1.807) is 6.08 Å². The van der Waals surface area contributed by atoms with Gasteiger partial charge in [-0.15, -0.1) is 6.58 Å². The van der Waals surface area contributed by atoms with E-state index in [2.05, 4.69) is 13.5 Å². The number of fused-ring (bicyclic) bond motifs is 4. The number of aromatic hydroxyl groups is 1. The standard InChI is InChI=1S/C45H39NO5/c1-3-12-29-15-11-18-34(41(29)48)40-32-23-24-33-39(44(51)46(43(33)50)31-21-19-27(4-2)20-22-31)36(32)25-37-42(49)35(28-13-7-5-8-14-28)26-38(47)45(37,40)30-16-9-6-10-17-30/h3,5-11,13-23,26,33,36-37,39-40,48H,1,4,12,24-25H2,2H3/t33-,36+,37-,39-,40+,45-/m0/s1. The molecule has 1 saturated carbocycles. The third kappa shape index (κ3) is 4.84. The fourth-order valence-corrected chi connectivity index (χ4v) is 9.52. The summed E-state index contributed by atoms with van der Waals surface area (Å²) >= 11 is 0. The molecule has 4 aromatic carbocycles. The van der Waals surface area contributed by atoms with E-state index in [0.717, 1.165) is 17.6 Å². The maximum Gasteiger partial charge on any atom is 0.238 e. The molecular formula is C45H39NO5. The Kier molecular flexibility index (Phi) is 8.06. The van der Waals surface area contributed by atoms with Crippen LogP contribution >= 0.6 is 0 Å². The van der Waals surface area contributed by atoms with Gasteiger partial charge in [0.25, 0.3) is 0 Å². The van der Waals surface area contributed by atoms with Crippen molar-refractivity contribution in [3.63, 3.8) is 0 Å². The zero-order valence-corrected chi connectivity index (χ0v) is 28.5. The van der Waals surface area contributed by atoms with Crippen LogP contribution in [0.5, 0.6) is 5.75 Å². The van der Waals surface area contributed by atoms with Crippen LogP contribution < -0.4 is 4.90 Å². The molecule has 6 nitrogen and oxygen atoms in total. The first kappa shape index (κ1) is 32.6. The molecule has 254 valence electrons. The Morgan fingerprint density at radius 2 is 1.55 bits per heavy atom. The monoisotopic (exact) mass is 673 g/mol. The average Bonchev–Trinajstić information content (AvgIpc) is 3.42. The van der Waals surface area contributed by atoms with Crippen molar-refractivity contribution < 1.29 is 24.3 Å². The molecule has 1 saturated heterocycles. The summed E-state index contributed by atoms with van der Waals surface area (Å²) in [5, 5.41) is 12.0. The minimum atomic E-state index is -1.41. The van der Waals surface area contributed by atoms with Crippen molar-refractivity contribution in [3.05, 3.63) is 161 Å². The number of imide groups is 1. The van der Waals surface area contributed by atoms with Crippen LogP contribution in [0.3, 0.4) is 0 Å². The van der Waals surface area contributed by atoms with E-state index in [1.807, 2.05) is 109 Å². The molecule has 4 aromatic rings. The number of allylic oxidation sites excluding steroid dienone is 5. The Balaban J connectivity index is 1.36. The molecule has 8 rings (SSSR count). The molecule has 0 radical (unpaired) electrons. The summed E-state index contributed by atoms with van der Waals surface area (Å²) in [5.41, 5.74) is 3.92. The topological polar surface area (TPSA) is 91.8 Å². The maximum absolute atomic E-state index is 15.2. The molecule has 51 heavy (non-hydrogen) atoms. The second-order valence-corrected chi connectivity index (χ2v) is 14.2. The zero-order valence-electron chi connectivity index (χ0n) is 28.5. The van der Waals surface area contributed by atoms with E-state index in [9.17, 15) is 14.7 Å². The van der Waals surface area contributed by atoms with Crippen LogP contribution in [-0.4, -0.2) is 28.5 Å². The first-order chi connectivity index (χ1) is 24.8. The maximum atomic E-state index is 15.2. The number of para-hydroxylation sites is 1. The lowest BCUT2D eigenvalue weighted by Gasteiger charge is -2.55. The number of Topliss-reactive ketones (excluding diaryl/α,β-unsaturated/α-hetero) is 1. The third-order valence-corrected chi connectivity index (χ3v) is 11.8. The van der Waals surface area contributed by atoms with E-state index in [4.69, 9.17) is 0 Å². The van der Waals surface area contributed by atoms with Gasteiger partial charge in [0, 0.05) is 23.0 Å². The van der Waals surface area contributed by atoms with Gasteiger partial charge in [-0.05, 0) is 72.1 Å². The van der Waals surface area contributed by atoms with Gasteiger partial charge in [-0.25, -0.2) is 0 Å². The van der Waals surface area contributed by atoms with Gasteiger partial charge in [-0.2, -0.15) is 0 Å². The molecule has 3 aliphatic carbocycles. The number of nitrogens with zero attached hydrogens (tertiary/aromatic N) is 1. The predicted octanol–water partition coefficient (Wildman–Crippen LogP) is 7.71. The molecule has 0 spiro atoms. The van der Waals surface area contributed by atoms with Gasteiger partial charge in [0.1, 0.15) is 5.75 Å². The fourth-order valence-electron chi connectivity index (χ4n) is 9.52. The van der Waals surface area contributed by atoms with Crippen molar-refractivity contribution in [3.8, 4) is 5.75 Å². The van der Waals surface area contributed by atoms with Gasteiger partial charge < -0.3 is 5.11 Å². The number of hydrogen-bond acceptors (Lipinski definition) is 5. The van der Waals surface area contributed by atoms with Crippen molar-refractivity contribution >= 4 is 34.6 Å². The van der Waals surface area contributed by atoms with Crippen LogP contribution in [0.25, 0.3) is 5.57 Å². The summed E-state index contributed by atoms with van der Waals surface area (Å²) in [4.78, 5) is 60.4. The summed E-state index contributed by atoms with van der Waals surface area (Å²) in [5.74, 6) is -4.35. The summed E-state index contributed by atoms with van der Waals surface area (Å²) in [7, 11) is 0. The number of carbonyl (C=O) groups is 4. The van der Waals surface area contributed by atoms with E-state index >= 15 is 9.59 Å². The highest BCUT2D eigenvalue weighted by Crippen LogP contribution is 2.64. The highest BCUT2D eigenvalue weighted by atomic mass is 16.3. The van der Waals surface area contributed by atoms with Crippen LogP contribution in [0.15, 0.2) is 134 Å². The van der Waals surface area contributed by atoms with Crippen LogP contribution in [0, 0.1) is 23.7 Å². The highest BCUT2D eigenvalue weighted by Gasteiger charge is 2.66. The second-order valence-electron chi connectivity index (χ2n) is 14.2. The first-order valence-corrected chi connectivity index (χ1v) is 17.8. The van der Waals surface area contributed by atoms with Gasteiger partial charge in [0.2, 0.25) is 11.8 Å². The number of amides is 2. The van der Waals surface area contributed by atoms with Gasteiger partial charge in [-0.1, -0.05) is 116 Å². The zero-order chi connectivity index (χ0) is 35.4. The minimum absolute atomic E-state index is 0.0460. The Bertz CT molecular complexity index is 2150. The van der Waals surface area contributed by atoms with E-state index in [-0.39, 0.29) is 35.6 Å². The third-order valence-electron chi connectivity index (χ3n) is 11.8. The summed E-state index contributed by atoms with van der Waals surface area (Å²) in [6.45, 7) is 5.94. The smallest absolute Gasteiger partial charge is 0.238 e. The summed E-state index contributed by atoms with van der Waals surface area (Å²) in [6, 6.07) is 31.7. The molecule has 2 amide bonds. The van der Waals surface area contributed by atoms with Crippen LogP contribution in [0.4, 0.5) is 5.69 Å². The van der Waals surface area contributed by atoms with Crippen molar-refractivity contribution in [2.75, 3.05) is 4.90 Å². The quantitative estimate of drug-likeness (QED) is 0.160. The molecular weight excluding hydrogens is 634 g/mol. The molecule has 0 unspecified atom stereocenters. The average molecular weight is 674 g/mol. The molecule has 1 N–H and O–H groups in total. The number of hydrogen-bond donors (Lipinski definition) is 1. The Morgan fingerprint density at radius 1 is 0.843 bits per heavy atom. The number of ketones is 2. The van der Waals surface area contributed by atoms with Crippen molar-refractivity contribution in [1.82, 2.24) is 0 Å². The molecule has 1 aliphatic heterocycles. The number of aryl methyl sites for hydroxylation is 1. The van der Waals surface area contributed by atoms with Crippen molar-refractivity contribution in [2.45, 2.75) is 43.9 Å². The lowest BCUT2D eigenvalue weighted by molar-refractivity contribution is -0.135. The highest BCUT2D eigenvalue weighted by molar-refractivity contribution is 6.32. The Hall–Kier alpha value is -5.62. The minimum Gasteiger partial charge on any atom is -0.507 e. The fraction of sp³-hybridized carbons (Fsp3) is 0.244. The second kappa shape index (κ2) is 12.6. The molecule has 6 atom stereocenters. The van der Waals surface area contributed by atoms with Crippen LogP contribution in [0.2, 0.25) is 0 Å². The number of anilines is 1. The van der Waals surface area contributed by atoms with E-state index in [0.29, 0.717) is 46.4 Å². The molecule has 0 aromatic heterocycles. The van der Waals surface area contributed by atoms with Crippen molar-refractivity contribution in [2.24, 2.45) is 23.7 Å². The number of benzene rings is 4. The largest absolute Gasteiger partial charge is 0.507 e. The number of carbonyl (C=O) groups excluding carboxylic acids is 4. The number of phenols is 1. The van der Waals surface area contributed by atoms with Gasteiger partial charge in [-0.3, -0.25) is 24.1 Å².